The fourth-order valence-electron chi connectivity index (χ4n) is 3.82. The Morgan fingerprint density at radius 3 is 2.62 bits per heavy atom. The fourth-order valence-corrected chi connectivity index (χ4v) is 4.66. The third kappa shape index (κ3) is 4.90. The van der Waals surface area contributed by atoms with Crippen LogP contribution in [0.1, 0.15) is 0 Å². The lowest BCUT2D eigenvalue weighted by molar-refractivity contribution is -0.117. The Morgan fingerprint density at radius 1 is 1.06 bits per heavy atom. The molecule has 4 aromatic rings. The van der Waals surface area contributed by atoms with Crippen LogP contribution in [0.5, 0.6) is 0 Å². The second kappa shape index (κ2) is 9.67. The molecule has 0 saturated carbocycles. The molecule has 3 aromatic heterocycles. The molecule has 1 aliphatic rings. The number of nitrogens with zero attached hydrogens (tertiary/aromatic N) is 6. The van der Waals surface area contributed by atoms with Crippen LogP contribution in [0.25, 0.3) is 22.3 Å². The van der Waals surface area contributed by atoms with E-state index in [1.54, 1.807) is 18.3 Å². The Morgan fingerprint density at radius 2 is 1.88 bits per heavy atom. The Balaban J connectivity index is 1.34. The van der Waals surface area contributed by atoms with Crippen LogP contribution in [0.2, 0.25) is 10.0 Å². The first kappa shape index (κ1) is 22.7. The van der Waals surface area contributed by atoms with E-state index in [9.17, 15) is 4.79 Å². The normalized spacial score (nSPS) is 14.5. The third-order valence-electron chi connectivity index (χ3n) is 5.47. The Kier molecular flexibility index (Phi) is 6.46. The topological polar surface area (TPSA) is 113 Å². The highest BCUT2D eigenvalue weighted by molar-refractivity contribution is 7.13. The summed E-state index contributed by atoms with van der Waals surface area (Å²) in [6.07, 6.45) is 1.66. The highest BCUT2D eigenvalue weighted by Gasteiger charge is 2.23. The lowest BCUT2D eigenvalue weighted by Gasteiger charge is -2.35. The summed E-state index contributed by atoms with van der Waals surface area (Å²) in [5.74, 6) is 0.793. The fraction of sp³-hybridized carbons (Fsp3) is 0.227. The van der Waals surface area contributed by atoms with E-state index in [2.05, 4.69) is 30.1 Å². The maximum absolute atomic E-state index is 12.3. The number of benzene rings is 1. The van der Waals surface area contributed by atoms with Crippen LogP contribution in [-0.4, -0.2) is 63.5 Å². The van der Waals surface area contributed by atoms with Crippen molar-refractivity contribution in [2.24, 2.45) is 0 Å². The number of nitrogen functional groups attached to an aromatic ring is 1. The molecule has 0 atom stereocenters. The zero-order valence-corrected chi connectivity index (χ0v) is 20.2. The largest absolute Gasteiger partial charge is 0.368 e. The van der Waals surface area contributed by atoms with Crippen molar-refractivity contribution in [1.29, 1.82) is 0 Å². The van der Waals surface area contributed by atoms with Crippen LogP contribution in [0, 0.1) is 0 Å². The maximum Gasteiger partial charge on any atom is 0.240 e. The minimum Gasteiger partial charge on any atom is -0.368 e. The predicted molar refractivity (Wildman–Crippen MR) is 137 cm³/mol. The molecule has 1 fully saturated rings. The second-order valence-electron chi connectivity index (χ2n) is 7.75. The van der Waals surface area contributed by atoms with E-state index in [0.717, 1.165) is 11.3 Å². The SMILES string of the molecule is Nc1nc(N2CCN(CC(=O)Nc3nccs3)CC2)c2nc(-c3ccc(Cl)c(Cl)c3)ccc2n1. The quantitative estimate of drug-likeness (QED) is 0.413. The molecule has 12 heteroatoms. The molecule has 0 radical (unpaired) electrons. The van der Waals surface area contributed by atoms with Gasteiger partial charge in [-0.15, -0.1) is 11.3 Å². The number of nitrogens with one attached hydrogen (secondary N) is 1. The van der Waals surface area contributed by atoms with Crippen molar-refractivity contribution in [2.75, 3.05) is 48.7 Å². The summed E-state index contributed by atoms with van der Waals surface area (Å²) in [7, 11) is 0. The number of halogens is 2. The van der Waals surface area contributed by atoms with Gasteiger partial charge >= 0.3 is 0 Å². The lowest BCUT2D eigenvalue weighted by atomic mass is 10.1. The second-order valence-corrected chi connectivity index (χ2v) is 9.46. The van der Waals surface area contributed by atoms with Gasteiger partial charge in [0.1, 0.15) is 5.52 Å². The van der Waals surface area contributed by atoms with Gasteiger partial charge in [-0.2, -0.15) is 4.98 Å². The minimum absolute atomic E-state index is 0.0759. The van der Waals surface area contributed by atoms with Crippen molar-refractivity contribution in [2.45, 2.75) is 0 Å². The summed E-state index contributed by atoms with van der Waals surface area (Å²) in [6.45, 7) is 3.05. The first-order valence-electron chi connectivity index (χ1n) is 10.5. The molecule has 0 aliphatic carbocycles. The highest BCUT2D eigenvalue weighted by Crippen LogP contribution is 2.31. The molecule has 3 N–H and O–H groups in total. The molecule has 5 rings (SSSR count). The Labute approximate surface area is 209 Å². The van der Waals surface area contributed by atoms with E-state index in [0.29, 0.717) is 64.8 Å². The number of anilines is 3. The van der Waals surface area contributed by atoms with E-state index in [4.69, 9.17) is 33.9 Å². The van der Waals surface area contributed by atoms with Crippen LogP contribution in [0.4, 0.5) is 16.9 Å². The predicted octanol–water partition coefficient (Wildman–Crippen LogP) is 3.80. The molecule has 0 spiro atoms. The van der Waals surface area contributed by atoms with Gasteiger partial charge in [0.05, 0.1) is 27.8 Å². The monoisotopic (exact) mass is 514 g/mol. The van der Waals surface area contributed by atoms with Crippen molar-refractivity contribution in [3.05, 3.63) is 52.0 Å². The first-order valence-corrected chi connectivity index (χ1v) is 12.2. The van der Waals surface area contributed by atoms with Crippen LogP contribution < -0.4 is 16.0 Å². The van der Waals surface area contributed by atoms with Crippen LogP contribution in [0.15, 0.2) is 41.9 Å². The number of hydrogen-bond acceptors (Lipinski definition) is 9. The number of piperazine rings is 1. The van der Waals surface area contributed by atoms with Crippen molar-refractivity contribution in [1.82, 2.24) is 24.8 Å². The molecular formula is C22H20Cl2N8OS. The number of fused-ring (bicyclic) bond motifs is 1. The summed E-state index contributed by atoms with van der Waals surface area (Å²) in [4.78, 5) is 34.3. The zero-order valence-electron chi connectivity index (χ0n) is 17.9. The van der Waals surface area contributed by atoms with Crippen molar-refractivity contribution >= 4 is 68.4 Å². The van der Waals surface area contributed by atoms with E-state index >= 15 is 0 Å². The van der Waals surface area contributed by atoms with Gasteiger partial charge in [-0.1, -0.05) is 29.3 Å². The number of thiazole rings is 1. The molecule has 4 heterocycles. The molecule has 1 aromatic carbocycles. The average Bonchev–Trinajstić information content (AvgIpc) is 3.33. The third-order valence-corrected chi connectivity index (χ3v) is 6.90. The first-order chi connectivity index (χ1) is 16.5. The number of nitrogens with two attached hydrogens (primary N) is 1. The van der Waals surface area contributed by atoms with Gasteiger partial charge in [0.2, 0.25) is 11.9 Å². The summed E-state index contributed by atoms with van der Waals surface area (Å²) >= 11 is 13.7. The van der Waals surface area contributed by atoms with Gasteiger partial charge in [0.15, 0.2) is 10.9 Å². The van der Waals surface area contributed by atoms with Crippen LogP contribution >= 0.6 is 34.5 Å². The van der Waals surface area contributed by atoms with E-state index in [1.807, 2.05) is 23.6 Å². The maximum atomic E-state index is 12.3. The summed E-state index contributed by atoms with van der Waals surface area (Å²) in [6, 6.07) is 9.15. The summed E-state index contributed by atoms with van der Waals surface area (Å²) in [5.41, 5.74) is 8.90. The average molecular weight is 515 g/mol. The number of carbonyl (C=O) groups is 1. The molecule has 1 saturated heterocycles. The number of amides is 1. The molecule has 34 heavy (non-hydrogen) atoms. The smallest absolute Gasteiger partial charge is 0.240 e. The lowest BCUT2D eigenvalue weighted by Crippen LogP contribution is -2.49. The molecule has 0 unspecified atom stereocenters. The summed E-state index contributed by atoms with van der Waals surface area (Å²) < 4.78 is 0. The van der Waals surface area contributed by atoms with Gasteiger partial charge in [-0.3, -0.25) is 9.69 Å². The van der Waals surface area contributed by atoms with Gasteiger partial charge in [-0.05, 0) is 24.3 Å². The van der Waals surface area contributed by atoms with E-state index in [1.165, 1.54) is 11.3 Å². The Hall–Kier alpha value is -3.05. The molecular weight excluding hydrogens is 495 g/mol. The van der Waals surface area contributed by atoms with Gasteiger partial charge in [0.25, 0.3) is 0 Å². The van der Waals surface area contributed by atoms with Crippen LogP contribution in [-0.2, 0) is 4.79 Å². The molecule has 0 bridgehead atoms. The van der Waals surface area contributed by atoms with Crippen molar-refractivity contribution < 1.29 is 4.79 Å². The molecule has 1 amide bonds. The van der Waals surface area contributed by atoms with Gasteiger partial charge < -0.3 is 16.0 Å². The van der Waals surface area contributed by atoms with Gasteiger partial charge in [-0.25, -0.2) is 15.0 Å². The zero-order chi connectivity index (χ0) is 23.7. The van der Waals surface area contributed by atoms with E-state index in [-0.39, 0.29) is 11.9 Å². The number of pyridine rings is 1. The molecule has 9 nitrogen and oxygen atoms in total. The van der Waals surface area contributed by atoms with Crippen LogP contribution in [0.3, 0.4) is 0 Å². The Bertz CT molecular complexity index is 1340. The van der Waals surface area contributed by atoms with Crippen molar-refractivity contribution in [3.8, 4) is 11.3 Å². The number of rotatable bonds is 5. The molecule has 174 valence electrons. The number of aromatic nitrogens is 4. The van der Waals surface area contributed by atoms with Crippen molar-refractivity contribution in [3.63, 3.8) is 0 Å². The molecule has 1 aliphatic heterocycles. The number of hydrogen-bond donors (Lipinski definition) is 2. The summed E-state index contributed by atoms with van der Waals surface area (Å²) in [5, 5.41) is 6.20. The van der Waals surface area contributed by atoms with E-state index < -0.39 is 0 Å². The number of carbonyl (C=O) groups excluding carboxylic acids is 1. The highest BCUT2D eigenvalue weighted by atomic mass is 35.5. The standard InChI is InChI=1S/C22H20Cl2N8OS/c23-14-2-1-13(11-15(14)24)16-3-4-17-19(27-16)20(30-21(25)28-17)32-8-6-31(7-9-32)12-18(33)29-22-26-5-10-34-22/h1-5,10-11H,6-9,12H2,(H2,25,28,30)(H,26,29,33). The minimum atomic E-state index is -0.0759. The van der Waals surface area contributed by atoms with Gasteiger partial charge in [0, 0.05) is 43.3 Å².